The predicted molar refractivity (Wildman–Crippen MR) is 43.1 cm³/mol. The van der Waals surface area contributed by atoms with Crippen LogP contribution in [0.5, 0.6) is 0 Å². The monoisotopic (exact) mass is 151 g/mol. The quantitative estimate of drug-likeness (QED) is 0.518. The number of rotatable bonds is 0. The first-order chi connectivity index (χ1) is 5.27. The molecule has 60 valence electrons. The minimum Gasteiger partial charge on any atom is -0.374 e. The zero-order chi connectivity index (χ0) is 7.84. The number of hydrogen-bond acceptors (Lipinski definition) is 2. The van der Waals surface area contributed by atoms with Crippen LogP contribution in [0.2, 0.25) is 0 Å². The average molecular weight is 151 g/mol. The first-order valence-corrected chi connectivity index (χ1v) is 4.27. The summed E-state index contributed by atoms with van der Waals surface area (Å²) in [5.41, 5.74) is 1.27. The Morgan fingerprint density at radius 2 is 2.45 bits per heavy atom. The van der Waals surface area contributed by atoms with Gasteiger partial charge in [-0.25, -0.2) is 0 Å². The molecule has 0 spiro atoms. The fourth-order valence-corrected chi connectivity index (χ4v) is 1.85. The zero-order valence-electron chi connectivity index (χ0n) is 6.84. The van der Waals surface area contributed by atoms with Gasteiger partial charge in [-0.1, -0.05) is 6.92 Å². The summed E-state index contributed by atoms with van der Waals surface area (Å²) < 4.78 is 0. The summed E-state index contributed by atoms with van der Waals surface area (Å²) in [6, 6.07) is 0. The van der Waals surface area contributed by atoms with E-state index >= 15 is 0 Å². The molecule has 0 bridgehead atoms. The van der Waals surface area contributed by atoms with Crippen LogP contribution in [0.3, 0.4) is 0 Å². The number of ketones is 1. The maximum atomic E-state index is 11.2. The summed E-state index contributed by atoms with van der Waals surface area (Å²) in [5.74, 6) is 0.537. The van der Waals surface area contributed by atoms with Crippen molar-refractivity contribution in [1.29, 1.82) is 0 Å². The standard InChI is InChI=1S/C9H13NO/c1-7-6-10-4-2-3-8(10)5-9(7)11/h5,7H,2-4,6H2,1H3. The number of carbonyl (C=O) groups excluding carboxylic acids is 1. The van der Waals surface area contributed by atoms with Crippen LogP contribution >= 0.6 is 0 Å². The molecular weight excluding hydrogens is 138 g/mol. The molecule has 2 aliphatic heterocycles. The third-order valence-electron chi connectivity index (χ3n) is 2.56. The molecular formula is C9H13NO. The van der Waals surface area contributed by atoms with Crippen LogP contribution in [0.25, 0.3) is 0 Å². The topological polar surface area (TPSA) is 20.3 Å². The van der Waals surface area contributed by atoms with Crippen LogP contribution in [0.15, 0.2) is 11.8 Å². The van der Waals surface area contributed by atoms with E-state index in [0.717, 1.165) is 19.5 Å². The average Bonchev–Trinajstić information content (AvgIpc) is 2.36. The lowest BCUT2D eigenvalue weighted by atomic mass is 10.0. The van der Waals surface area contributed by atoms with E-state index in [9.17, 15) is 4.79 Å². The molecule has 0 aromatic carbocycles. The minimum atomic E-state index is 0.219. The Kier molecular flexibility index (Phi) is 1.48. The molecule has 2 heteroatoms. The predicted octanol–water partition coefficient (Wildman–Crippen LogP) is 1.18. The van der Waals surface area contributed by atoms with Crippen molar-refractivity contribution >= 4 is 5.78 Å². The van der Waals surface area contributed by atoms with Gasteiger partial charge in [-0.3, -0.25) is 4.79 Å². The van der Waals surface area contributed by atoms with Crippen molar-refractivity contribution in [3.63, 3.8) is 0 Å². The molecule has 11 heavy (non-hydrogen) atoms. The van der Waals surface area contributed by atoms with Gasteiger partial charge in [0.25, 0.3) is 0 Å². The summed E-state index contributed by atoms with van der Waals surface area (Å²) >= 11 is 0. The minimum absolute atomic E-state index is 0.219. The van der Waals surface area contributed by atoms with Crippen LogP contribution in [-0.4, -0.2) is 23.8 Å². The van der Waals surface area contributed by atoms with E-state index in [2.05, 4.69) is 4.90 Å². The highest BCUT2D eigenvalue weighted by Crippen LogP contribution is 2.26. The second-order valence-corrected chi connectivity index (χ2v) is 3.49. The fourth-order valence-electron chi connectivity index (χ4n) is 1.85. The molecule has 1 fully saturated rings. The first kappa shape index (κ1) is 6.89. The molecule has 0 amide bonds. The number of carbonyl (C=O) groups is 1. The van der Waals surface area contributed by atoms with Crippen molar-refractivity contribution in [2.24, 2.45) is 5.92 Å². The maximum absolute atomic E-state index is 11.2. The van der Waals surface area contributed by atoms with Gasteiger partial charge in [-0.2, -0.15) is 0 Å². The lowest BCUT2D eigenvalue weighted by Crippen LogP contribution is -2.32. The summed E-state index contributed by atoms with van der Waals surface area (Å²) in [4.78, 5) is 13.6. The lowest BCUT2D eigenvalue weighted by Gasteiger charge is -2.27. The Morgan fingerprint density at radius 1 is 1.64 bits per heavy atom. The van der Waals surface area contributed by atoms with Gasteiger partial charge >= 0.3 is 0 Å². The largest absolute Gasteiger partial charge is 0.374 e. The van der Waals surface area contributed by atoms with Crippen molar-refractivity contribution in [3.8, 4) is 0 Å². The van der Waals surface area contributed by atoms with E-state index in [1.807, 2.05) is 13.0 Å². The van der Waals surface area contributed by atoms with Crippen molar-refractivity contribution in [3.05, 3.63) is 11.8 Å². The van der Waals surface area contributed by atoms with Crippen molar-refractivity contribution in [2.75, 3.05) is 13.1 Å². The number of nitrogens with zero attached hydrogens (tertiary/aromatic N) is 1. The molecule has 2 rings (SSSR count). The molecule has 0 radical (unpaired) electrons. The molecule has 1 unspecified atom stereocenters. The van der Waals surface area contributed by atoms with Crippen LogP contribution in [0.4, 0.5) is 0 Å². The second-order valence-electron chi connectivity index (χ2n) is 3.49. The summed E-state index contributed by atoms with van der Waals surface area (Å²) in [6.07, 6.45) is 4.17. The molecule has 0 aromatic heterocycles. The van der Waals surface area contributed by atoms with Gasteiger partial charge in [0.05, 0.1) is 0 Å². The molecule has 0 aromatic rings. The molecule has 0 aliphatic carbocycles. The normalized spacial score (nSPS) is 30.3. The first-order valence-electron chi connectivity index (χ1n) is 4.27. The van der Waals surface area contributed by atoms with Gasteiger partial charge in [-0.05, 0) is 12.8 Å². The summed E-state index contributed by atoms with van der Waals surface area (Å²) in [6.45, 7) is 4.11. The van der Waals surface area contributed by atoms with Crippen LogP contribution in [0.1, 0.15) is 19.8 Å². The van der Waals surface area contributed by atoms with Crippen molar-refractivity contribution in [1.82, 2.24) is 4.90 Å². The molecule has 0 N–H and O–H groups in total. The number of hydrogen-bond donors (Lipinski definition) is 0. The Balaban J connectivity index is 2.24. The highest BCUT2D eigenvalue weighted by molar-refractivity contribution is 5.93. The molecule has 2 aliphatic rings. The van der Waals surface area contributed by atoms with E-state index < -0.39 is 0 Å². The summed E-state index contributed by atoms with van der Waals surface area (Å²) in [7, 11) is 0. The van der Waals surface area contributed by atoms with Crippen LogP contribution in [0, 0.1) is 5.92 Å². The van der Waals surface area contributed by atoms with Gasteiger partial charge in [-0.15, -0.1) is 0 Å². The molecule has 1 saturated heterocycles. The van der Waals surface area contributed by atoms with E-state index in [0.29, 0.717) is 5.78 Å². The Morgan fingerprint density at radius 3 is 3.27 bits per heavy atom. The van der Waals surface area contributed by atoms with E-state index in [4.69, 9.17) is 0 Å². The Labute approximate surface area is 66.9 Å². The maximum Gasteiger partial charge on any atom is 0.161 e. The molecule has 0 saturated carbocycles. The third kappa shape index (κ3) is 1.06. The highest BCUT2D eigenvalue weighted by atomic mass is 16.1. The van der Waals surface area contributed by atoms with E-state index in [-0.39, 0.29) is 5.92 Å². The van der Waals surface area contributed by atoms with E-state index in [1.54, 1.807) is 0 Å². The SMILES string of the molecule is CC1CN2CCCC2=CC1=O. The Bertz CT molecular complexity index is 220. The lowest BCUT2D eigenvalue weighted by molar-refractivity contribution is -0.118. The third-order valence-corrected chi connectivity index (χ3v) is 2.56. The van der Waals surface area contributed by atoms with Crippen molar-refractivity contribution in [2.45, 2.75) is 19.8 Å². The van der Waals surface area contributed by atoms with Gasteiger partial charge < -0.3 is 4.90 Å². The fraction of sp³-hybridized carbons (Fsp3) is 0.667. The Hall–Kier alpha value is -0.790. The van der Waals surface area contributed by atoms with Gasteiger partial charge in [0.15, 0.2) is 5.78 Å². The number of allylic oxidation sites excluding steroid dienone is 2. The van der Waals surface area contributed by atoms with Gasteiger partial charge in [0.2, 0.25) is 0 Å². The second kappa shape index (κ2) is 2.36. The number of fused-ring (bicyclic) bond motifs is 1. The van der Waals surface area contributed by atoms with Gasteiger partial charge in [0.1, 0.15) is 0 Å². The van der Waals surface area contributed by atoms with Crippen LogP contribution in [-0.2, 0) is 4.79 Å². The van der Waals surface area contributed by atoms with Gasteiger partial charge in [0, 0.05) is 30.8 Å². The smallest absolute Gasteiger partial charge is 0.161 e. The van der Waals surface area contributed by atoms with Crippen LogP contribution < -0.4 is 0 Å². The van der Waals surface area contributed by atoms with E-state index in [1.165, 1.54) is 12.1 Å². The molecule has 2 heterocycles. The summed E-state index contributed by atoms with van der Waals surface area (Å²) in [5, 5.41) is 0. The highest BCUT2D eigenvalue weighted by Gasteiger charge is 2.26. The molecule has 1 atom stereocenters. The molecule has 2 nitrogen and oxygen atoms in total. The zero-order valence-corrected chi connectivity index (χ0v) is 6.84. The van der Waals surface area contributed by atoms with Crippen molar-refractivity contribution < 1.29 is 4.79 Å².